The van der Waals surface area contributed by atoms with Crippen molar-refractivity contribution in [3.8, 4) is 11.5 Å². The molecule has 0 N–H and O–H groups in total. The summed E-state index contributed by atoms with van der Waals surface area (Å²) in [6.45, 7) is 0. The van der Waals surface area contributed by atoms with Gasteiger partial charge in [-0.15, -0.1) is 9.24 Å². The quantitative estimate of drug-likeness (QED) is 0.680. The molecular weight excluding hydrogens is 191 g/mol. The Hall–Kier alpha value is -1.33. The van der Waals surface area contributed by atoms with Crippen LogP contribution in [0.1, 0.15) is 0 Å². The lowest BCUT2D eigenvalue weighted by molar-refractivity contribution is 0.483. The van der Waals surface area contributed by atoms with Gasteiger partial charge in [-0.2, -0.15) is 0 Å². The Morgan fingerprint density at radius 3 is 1.93 bits per heavy atom. The van der Waals surface area contributed by atoms with Gasteiger partial charge in [0.15, 0.2) is 0 Å². The maximum Gasteiger partial charge on any atom is 0.127 e. The average Bonchev–Trinajstić information content (AvgIpc) is 2.23. The average molecular weight is 202 g/mol. The van der Waals surface area contributed by atoms with Crippen molar-refractivity contribution in [3.63, 3.8) is 0 Å². The molecule has 0 heterocycles. The molecule has 0 fully saturated rings. The van der Waals surface area contributed by atoms with Crippen LogP contribution in [0, 0.1) is 0 Å². The van der Waals surface area contributed by atoms with Crippen LogP contribution < -0.4 is 10.0 Å². The third-order valence-corrected chi connectivity index (χ3v) is 2.24. The van der Waals surface area contributed by atoms with E-state index in [2.05, 4.69) is 9.24 Å². The van der Waals surface area contributed by atoms with Crippen LogP contribution in [0.25, 0.3) is 0 Å². The number of benzene rings is 2. The first-order valence-electron chi connectivity index (χ1n) is 4.43. The third-order valence-electron chi connectivity index (χ3n) is 1.86. The highest BCUT2D eigenvalue weighted by molar-refractivity contribution is 7.27. The highest BCUT2D eigenvalue weighted by Crippen LogP contribution is 2.19. The molecule has 0 aliphatic heterocycles. The normalized spacial score (nSPS) is 9.79. The summed E-state index contributed by atoms with van der Waals surface area (Å²) in [7, 11) is 2.65. The Balaban J connectivity index is 2.16. The number of rotatable bonds is 2. The topological polar surface area (TPSA) is 9.23 Å². The van der Waals surface area contributed by atoms with Crippen molar-refractivity contribution in [3.05, 3.63) is 54.6 Å². The summed E-state index contributed by atoms with van der Waals surface area (Å²) in [6.07, 6.45) is 0. The third kappa shape index (κ3) is 2.34. The summed E-state index contributed by atoms with van der Waals surface area (Å²) in [4.78, 5) is 0. The summed E-state index contributed by atoms with van der Waals surface area (Å²) in [5.74, 6) is 1.73. The van der Waals surface area contributed by atoms with E-state index in [0.717, 1.165) is 16.8 Å². The lowest BCUT2D eigenvalue weighted by Gasteiger charge is -2.04. The Kier molecular flexibility index (Phi) is 2.81. The van der Waals surface area contributed by atoms with Crippen molar-refractivity contribution < 1.29 is 4.74 Å². The molecule has 1 nitrogen and oxygen atoms in total. The van der Waals surface area contributed by atoms with E-state index >= 15 is 0 Å². The molecule has 14 heavy (non-hydrogen) atoms. The van der Waals surface area contributed by atoms with E-state index in [1.165, 1.54) is 0 Å². The molecule has 0 spiro atoms. The van der Waals surface area contributed by atoms with Crippen molar-refractivity contribution in [1.29, 1.82) is 0 Å². The molecule has 2 rings (SSSR count). The summed E-state index contributed by atoms with van der Waals surface area (Å²) >= 11 is 0. The van der Waals surface area contributed by atoms with E-state index in [1.54, 1.807) is 0 Å². The molecule has 0 bridgehead atoms. The van der Waals surface area contributed by atoms with E-state index < -0.39 is 0 Å². The van der Waals surface area contributed by atoms with Crippen molar-refractivity contribution in [1.82, 2.24) is 0 Å². The van der Waals surface area contributed by atoms with E-state index in [-0.39, 0.29) is 0 Å². The number of para-hydroxylation sites is 1. The van der Waals surface area contributed by atoms with Crippen molar-refractivity contribution in [2.75, 3.05) is 0 Å². The molecule has 70 valence electrons. The zero-order chi connectivity index (χ0) is 9.80. The number of hydrogen-bond acceptors (Lipinski definition) is 1. The minimum absolute atomic E-state index is 0.863. The van der Waals surface area contributed by atoms with Crippen LogP contribution in [0.5, 0.6) is 11.5 Å². The first kappa shape index (κ1) is 9.23. The van der Waals surface area contributed by atoms with Gasteiger partial charge < -0.3 is 4.74 Å². The Morgan fingerprint density at radius 2 is 1.29 bits per heavy atom. The summed E-state index contributed by atoms with van der Waals surface area (Å²) in [5.41, 5.74) is 0. The Bertz CT molecular complexity index is 394. The smallest absolute Gasteiger partial charge is 0.127 e. The molecule has 0 amide bonds. The molecule has 2 heteroatoms. The van der Waals surface area contributed by atoms with Crippen LogP contribution >= 0.6 is 9.24 Å². The fourth-order valence-electron chi connectivity index (χ4n) is 1.16. The van der Waals surface area contributed by atoms with Crippen LogP contribution in [0.4, 0.5) is 0 Å². The second-order valence-electron chi connectivity index (χ2n) is 2.98. The van der Waals surface area contributed by atoms with Crippen LogP contribution in [0.15, 0.2) is 54.6 Å². The molecule has 0 saturated carbocycles. The van der Waals surface area contributed by atoms with E-state index in [9.17, 15) is 0 Å². The lowest BCUT2D eigenvalue weighted by atomic mass is 10.3. The van der Waals surface area contributed by atoms with Crippen LogP contribution in [-0.2, 0) is 0 Å². The summed E-state index contributed by atoms with van der Waals surface area (Å²) < 4.78 is 5.62. The minimum Gasteiger partial charge on any atom is -0.457 e. The number of ether oxygens (including phenoxy) is 1. The first-order valence-corrected chi connectivity index (χ1v) is 5.01. The molecule has 2 aromatic carbocycles. The van der Waals surface area contributed by atoms with Crippen molar-refractivity contribution in [2.24, 2.45) is 0 Å². The molecule has 1 unspecified atom stereocenters. The highest BCUT2D eigenvalue weighted by atomic mass is 31.0. The van der Waals surface area contributed by atoms with Gasteiger partial charge in [-0.1, -0.05) is 30.3 Å². The van der Waals surface area contributed by atoms with Crippen molar-refractivity contribution >= 4 is 14.5 Å². The van der Waals surface area contributed by atoms with Gasteiger partial charge in [-0.05, 0) is 29.6 Å². The molecule has 0 aromatic heterocycles. The molecule has 1 atom stereocenters. The SMILES string of the molecule is Pc1ccc(Oc2ccccc2)cc1. The molecule has 0 saturated heterocycles. The van der Waals surface area contributed by atoms with Crippen LogP contribution in [0.2, 0.25) is 0 Å². The minimum atomic E-state index is 0.863. The van der Waals surface area contributed by atoms with Crippen LogP contribution in [-0.4, -0.2) is 0 Å². The van der Waals surface area contributed by atoms with Gasteiger partial charge in [-0.3, -0.25) is 0 Å². The van der Waals surface area contributed by atoms with Crippen molar-refractivity contribution in [2.45, 2.75) is 0 Å². The fraction of sp³-hybridized carbons (Fsp3) is 0. The van der Waals surface area contributed by atoms with Gasteiger partial charge in [0, 0.05) is 0 Å². The first-order chi connectivity index (χ1) is 6.84. The zero-order valence-electron chi connectivity index (χ0n) is 7.68. The molecule has 0 aliphatic rings. The summed E-state index contributed by atoms with van der Waals surface area (Å²) in [6, 6.07) is 17.7. The van der Waals surface area contributed by atoms with E-state index in [1.807, 2.05) is 54.6 Å². The van der Waals surface area contributed by atoms with Gasteiger partial charge in [-0.25, -0.2) is 0 Å². The Labute approximate surface area is 85.9 Å². The highest BCUT2D eigenvalue weighted by Gasteiger charge is 1.94. The molecular formula is C12H11OP. The van der Waals surface area contributed by atoms with Gasteiger partial charge in [0.2, 0.25) is 0 Å². The van der Waals surface area contributed by atoms with Gasteiger partial charge in [0.05, 0.1) is 0 Å². The molecule has 0 aliphatic carbocycles. The van der Waals surface area contributed by atoms with E-state index in [0.29, 0.717) is 0 Å². The maximum absolute atomic E-state index is 5.62. The predicted octanol–water partition coefficient (Wildman–Crippen LogP) is 2.98. The number of hydrogen-bond donors (Lipinski definition) is 0. The molecule has 2 aromatic rings. The zero-order valence-corrected chi connectivity index (χ0v) is 8.84. The van der Waals surface area contributed by atoms with Crippen LogP contribution in [0.3, 0.4) is 0 Å². The predicted molar refractivity (Wildman–Crippen MR) is 62.3 cm³/mol. The van der Waals surface area contributed by atoms with Gasteiger partial charge >= 0.3 is 0 Å². The Morgan fingerprint density at radius 1 is 0.714 bits per heavy atom. The fourth-order valence-corrected chi connectivity index (χ4v) is 1.35. The van der Waals surface area contributed by atoms with Gasteiger partial charge in [0.1, 0.15) is 11.5 Å². The summed E-state index contributed by atoms with van der Waals surface area (Å²) in [5, 5.41) is 1.16. The monoisotopic (exact) mass is 202 g/mol. The largest absolute Gasteiger partial charge is 0.457 e. The second-order valence-corrected chi connectivity index (χ2v) is 3.65. The second kappa shape index (κ2) is 4.26. The maximum atomic E-state index is 5.62. The molecule has 0 radical (unpaired) electrons. The standard InChI is InChI=1S/C12H11OP/c14-12-8-6-11(7-9-12)13-10-4-2-1-3-5-10/h1-9H,14H2. The lowest BCUT2D eigenvalue weighted by Crippen LogP contribution is -1.89. The van der Waals surface area contributed by atoms with E-state index in [4.69, 9.17) is 4.74 Å². The van der Waals surface area contributed by atoms with Gasteiger partial charge in [0.25, 0.3) is 0 Å².